The van der Waals surface area contributed by atoms with Gasteiger partial charge in [0.2, 0.25) is 23.6 Å². The highest BCUT2D eigenvalue weighted by Crippen LogP contribution is 2.05. The molecular weight excluding hydrogens is 442 g/mol. The van der Waals surface area contributed by atoms with Crippen LogP contribution in [0.1, 0.15) is 38.7 Å². The molecule has 0 fully saturated rings. The fourth-order valence-electron chi connectivity index (χ4n) is 3.04. The molecule has 0 aliphatic carbocycles. The van der Waals surface area contributed by atoms with Gasteiger partial charge in [0.1, 0.15) is 18.4 Å². The largest absolute Gasteiger partial charge is 0.391 e. The van der Waals surface area contributed by atoms with Crippen LogP contribution in [0, 0.1) is 0 Å². The highest BCUT2D eigenvalue weighted by Gasteiger charge is 2.24. The number of hydrogen-bond donors (Lipinski definition) is 6. The van der Waals surface area contributed by atoms with Crippen LogP contribution in [0.4, 0.5) is 0 Å². The van der Waals surface area contributed by atoms with Crippen LogP contribution in [0.15, 0.2) is 30.3 Å². The minimum Gasteiger partial charge on any atom is -0.391 e. The van der Waals surface area contributed by atoms with Crippen molar-refractivity contribution in [1.82, 2.24) is 21.3 Å². The summed E-state index contributed by atoms with van der Waals surface area (Å²) in [5.74, 6) is -2.03. The Kier molecular flexibility index (Phi) is 13.1. The number of carbonyl (C=O) groups excluding carboxylic acids is 5. The quantitative estimate of drug-likeness (QED) is 0.132. The van der Waals surface area contributed by atoms with Gasteiger partial charge in [0.05, 0.1) is 18.7 Å². The highest BCUT2D eigenvalue weighted by molar-refractivity contribution is 5.91. The molecule has 1 aromatic rings. The lowest BCUT2D eigenvalue weighted by Crippen LogP contribution is -2.54. The van der Waals surface area contributed by atoms with Crippen molar-refractivity contribution in [3.63, 3.8) is 0 Å². The fraction of sp³-hybridized carbons (Fsp3) is 0.522. The maximum absolute atomic E-state index is 12.9. The molecule has 11 heteroatoms. The molecule has 0 unspecified atom stereocenters. The van der Waals surface area contributed by atoms with Gasteiger partial charge in [-0.05, 0) is 38.2 Å². The molecule has 0 radical (unpaired) electrons. The third kappa shape index (κ3) is 11.5. The van der Waals surface area contributed by atoms with Crippen molar-refractivity contribution in [2.75, 3.05) is 13.1 Å². The zero-order valence-electron chi connectivity index (χ0n) is 19.6. The van der Waals surface area contributed by atoms with Gasteiger partial charge in [0, 0.05) is 13.5 Å². The van der Waals surface area contributed by atoms with Crippen molar-refractivity contribution in [3.05, 3.63) is 35.9 Å². The van der Waals surface area contributed by atoms with Crippen LogP contribution in [0.2, 0.25) is 0 Å². The van der Waals surface area contributed by atoms with Crippen LogP contribution in [0.3, 0.4) is 0 Å². The van der Waals surface area contributed by atoms with Gasteiger partial charge in [-0.3, -0.25) is 19.2 Å². The summed E-state index contributed by atoms with van der Waals surface area (Å²) in [5.41, 5.74) is 6.39. The van der Waals surface area contributed by atoms with Crippen molar-refractivity contribution in [2.24, 2.45) is 5.73 Å². The van der Waals surface area contributed by atoms with Crippen LogP contribution in [-0.4, -0.2) is 72.3 Å². The summed E-state index contributed by atoms with van der Waals surface area (Å²) in [6.45, 7) is 2.75. The monoisotopic (exact) mass is 477 g/mol. The maximum atomic E-state index is 12.9. The Morgan fingerprint density at radius 1 is 1.03 bits per heavy atom. The molecule has 34 heavy (non-hydrogen) atoms. The van der Waals surface area contributed by atoms with Crippen LogP contribution < -0.4 is 27.0 Å². The van der Waals surface area contributed by atoms with Crippen LogP contribution in [0.5, 0.6) is 0 Å². The van der Waals surface area contributed by atoms with Crippen molar-refractivity contribution in [2.45, 2.75) is 63.8 Å². The number of carbonyl (C=O) groups is 5. The van der Waals surface area contributed by atoms with Gasteiger partial charge >= 0.3 is 0 Å². The minimum atomic E-state index is -1.19. The third-order valence-electron chi connectivity index (χ3n) is 4.98. The Balaban J connectivity index is 2.72. The van der Waals surface area contributed by atoms with E-state index in [0.717, 1.165) is 5.56 Å². The predicted molar refractivity (Wildman–Crippen MR) is 125 cm³/mol. The molecule has 0 saturated carbocycles. The Labute approximate surface area is 199 Å². The highest BCUT2D eigenvalue weighted by atomic mass is 16.3. The standard InChI is InChI=1S/C23H35N5O6/c1-15(30)21(24)23(34)26-13-20(32)28-19(10-6-7-11-25-16(2)31)22(33)27-18(14-29)12-17-8-4-3-5-9-17/h3-5,8-9,14-15,18-19,21,30H,6-7,10-13,24H2,1-2H3,(H,25,31)(H,26,34)(H,27,33)(H,28,32)/t15-,18+,19+,21+/m1/s1. The zero-order valence-corrected chi connectivity index (χ0v) is 19.6. The van der Waals surface area contributed by atoms with Gasteiger partial charge < -0.3 is 36.9 Å². The molecule has 1 aromatic carbocycles. The SMILES string of the molecule is CC(=O)NCCCC[C@H](NC(=O)CNC(=O)[C@@H](N)[C@@H](C)O)C(=O)N[C@H](C=O)Cc1ccccc1. The number of nitrogens with two attached hydrogens (primary N) is 1. The van der Waals surface area contributed by atoms with Gasteiger partial charge in [-0.15, -0.1) is 0 Å². The third-order valence-corrected chi connectivity index (χ3v) is 4.98. The molecule has 188 valence electrons. The van der Waals surface area contributed by atoms with Gasteiger partial charge in [-0.25, -0.2) is 0 Å². The second-order valence-corrected chi connectivity index (χ2v) is 8.02. The Bertz CT molecular complexity index is 817. The molecule has 11 nitrogen and oxygen atoms in total. The molecule has 1 rings (SSSR count). The van der Waals surface area contributed by atoms with Crippen LogP contribution in [0.25, 0.3) is 0 Å². The van der Waals surface area contributed by atoms with Gasteiger partial charge in [0.25, 0.3) is 0 Å². The van der Waals surface area contributed by atoms with Crippen molar-refractivity contribution in [1.29, 1.82) is 0 Å². The lowest BCUT2D eigenvalue weighted by atomic mass is 10.0. The average molecular weight is 478 g/mol. The maximum Gasteiger partial charge on any atom is 0.243 e. The van der Waals surface area contributed by atoms with Crippen molar-refractivity contribution < 1.29 is 29.1 Å². The molecule has 0 bridgehead atoms. The van der Waals surface area contributed by atoms with E-state index in [0.29, 0.717) is 32.1 Å². The molecular formula is C23H35N5O6. The van der Waals surface area contributed by atoms with E-state index in [-0.39, 0.29) is 12.3 Å². The van der Waals surface area contributed by atoms with Crippen molar-refractivity contribution >= 4 is 29.9 Å². The molecule has 4 amide bonds. The molecule has 0 spiro atoms. The number of nitrogens with one attached hydrogen (secondary N) is 4. The number of unbranched alkanes of at least 4 members (excludes halogenated alkanes) is 1. The number of aliphatic hydroxyl groups is 1. The molecule has 0 saturated heterocycles. The molecule has 0 heterocycles. The van der Waals surface area contributed by atoms with Gasteiger partial charge in [-0.2, -0.15) is 0 Å². The fourth-order valence-corrected chi connectivity index (χ4v) is 3.04. The minimum absolute atomic E-state index is 0.163. The lowest BCUT2D eigenvalue weighted by Gasteiger charge is -2.21. The van der Waals surface area contributed by atoms with E-state index >= 15 is 0 Å². The summed E-state index contributed by atoms with van der Waals surface area (Å²) < 4.78 is 0. The smallest absolute Gasteiger partial charge is 0.243 e. The molecule has 4 atom stereocenters. The van der Waals surface area contributed by atoms with Crippen LogP contribution >= 0.6 is 0 Å². The van der Waals surface area contributed by atoms with E-state index in [1.165, 1.54) is 13.8 Å². The number of rotatable bonds is 15. The van der Waals surface area contributed by atoms with E-state index in [1.54, 1.807) is 0 Å². The predicted octanol–water partition coefficient (Wildman–Crippen LogP) is -1.47. The van der Waals surface area contributed by atoms with Gasteiger partial charge in [-0.1, -0.05) is 30.3 Å². The molecule has 0 aliphatic rings. The summed E-state index contributed by atoms with van der Waals surface area (Å²) in [4.78, 5) is 59.5. The number of aliphatic hydroxyl groups excluding tert-OH is 1. The van der Waals surface area contributed by atoms with E-state index < -0.39 is 48.5 Å². The first-order valence-corrected chi connectivity index (χ1v) is 11.2. The number of hydrogen-bond acceptors (Lipinski definition) is 7. The summed E-state index contributed by atoms with van der Waals surface area (Å²) in [6, 6.07) is 6.26. The summed E-state index contributed by atoms with van der Waals surface area (Å²) >= 11 is 0. The first kappa shape index (κ1) is 28.7. The summed E-state index contributed by atoms with van der Waals surface area (Å²) in [6.07, 6.45) is 1.21. The Hall–Kier alpha value is -3.31. The lowest BCUT2D eigenvalue weighted by molar-refractivity contribution is -0.131. The van der Waals surface area contributed by atoms with E-state index in [1.807, 2.05) is 30.3 Å². The Morgan fingerprint density at radius 3 is 2.29 bits per heavy atom. The van der Waals surface area contributed by atoms with Gasteiger partial charge in [0.15, 0.2) is 0 Å². The average Bonchev–Trinajstić information content (AvgIpc) is 2.80. The number of benzene rings is 1. The number of amides is 4. The second-order valence-electron chi connectivity index (χ2n) is 8.02. The topological polar surface area (TPSA) is 180 Å². The molecule has 7 N–H and O–H groups in total. The zero-order chi connectivity index (χ0) is 25.5. The first-order valence-electron chi connectivity index (χ1n) is 11.2. The molecule has 0 aliphatic heterocycles. The first-order chi connectivity index (χ1) is 16.1. The van der Waals surface area contributed by atoms with E-state index in [9.17, 15) is 29.1 Å². The normalized spacial score (nSPS) is 14.1. The molecule has 0 aromatic heterocycles. The summed E-state index contributed by atoms with van der Waals surface area (Å²) in [7, 11) is 0. The van der Waals surface area contributed by atoms with E-state index in [4.69, 9.17) is 5.73 Å². The van der Waals surface area contributed by atoms with Crippen LogP contribution in [-0.2, 0) is 30.4 Å². The second kappa shape index (κ2) is 15.5. The number of aldehydes is 1. The van der Waals surface area contributed by atoms with Crippen molar-refractivity contribution in [3.8, 4) is 0 Å². The Morgan fingerprint density at radius 2 is 1.71 bits per heavy atom. The van der Waals surface area contributed by atoms with E-state index in [2.05, 4.69) is 21.3 Å². The summed E-state index contributed by atoms with van der Waals surface area (Å²) in [5, 5.41) is 19.5.